The van der Waals surface area contributed by atoms with Gasteiger partial charge < -0.3 is 5.32 Å². The van der Waals surface area contributed by atoms with Crippen molar-refractivity contribution in [3.8, 4) is 0 Å². The summed E-state index contributed by atoms with van der Waals surface area (Å²) >= 11 is 1.63. The normalized spacial score (nSPS) is 20.6. The highest BCUT2D eigenvalue weighted by Crippen LogP contribution is 2.15. The maximum atomic E-state index is 12.4. The number of likely N-dealkylation sites (tertiary alicyclic amines) is 1. The van der Waals surface area contributed by atoms with E-state index in [0.717, 1.165) is 17.8 Å². The molecular formula is C12H17FN2OS. The lowest BCUT2D eigenvalue weighted by atomic mass is 10.1. The predicted molar refractivity (Wildman–Crippen MR) is 66.7 cm³/mol. The summed E-state index contributed by atoms with van der Waals surface area (Å²) in [5, 5.41) is 4.87. The monoisotopic (exact) mass is 256 g/mol. The Bertz CT molecular complexity index is 355. The molecule has 1 aromatic heterocycles. The van der Waals surface area contributed by atoms with Crippen LogP contribution in [0, 0.1) is 5.92 Å². The van der Waals surface area contributed by atoms with E-state index in [1.54, 1.807) is 11.3 Å². The molecule has 17 heavy (non-hydrogen) atoms. The topological polar surface area (TPSA) is 32.3 Å². The molecule has 0 spiro atoms. The van der Waals surface area contributed by atoms with Crippen molar-refractivity contribution in [3.63, 3.8) is 0 Å². The Kier molecular flexibility index (Phi) is 4.50. The number of amides is 1. The van der Waals surface area contributed by atoms with Gasteiger partial charge in [-0.3, -0.25) is 14.1 Å². The van der Waals surface area contributed by atoms with Crippen molar-refractivity contribution in [3.05, 3.63) is 22.4 Å². The molecule has 3 nitrogen and oxygen atoms in total. The predicted octanol–water partition coefficient (Wildman–Crippen LogP) is 1.66. The fourth-order valence-corrected chi connectivity index (χ4v) is 2.68. The quantitative estimate of drug-likeness (QED) is 0.869. The van der Waals surface area contributed by atoms with Gasteiger partial charge in [-0.1, -0.05) is 6.07 Å². The molecule has 1 unspecified atom stereocenters. The van der Waals surface area contributed by atoms with Crippen molar-refractivity contribution in [1.29, 1.82) is 0 Å². The minimum absolute atomic E-state index is 0.0258. The van der Waals surface area contributed by atoms with Crippen LogP contribution < -0.4 is 5.32 Å². The molecule has 0 bridgehead atoms. The Labute approximate surface area is 105 Å². The second kappa shape index (κ2) is 6.12. The first-order valence-electron chi connectivity index (χ1n) is 5.85. The number of hydrogen-bond donors (Lipinski definition) is 1. The fourth-order valence-electron chi connectivity index (χ4n) is 2.04. The smallest absolute Gasteiger partial charge is 0.234 e. The summed E-state index contributed by atoms with van der Waals surface area (Å²) in [7, 11) is 0. The standard InChI is InChI=1S/C12H17FN2OS/c13-6-10-3-4-15(8-10)9-12(16)14-7-11-2-1-5-17-11/h1-2,5,10H,3-4,6-9H2,(H,14,16). The molecule has 0 radical (unpaired) electrons. The first-order chi connectivity index (χ1) is 8.28. The number of nitrogens with one attached hydrogen (secondary N) is 1. The Hall–Kier alpha value is -0.940. The number of alkyl halides is 1. The van der Waals surface area contributed by atoms with E-state index in [0.29, 0.717) is 19.6 Å². The summed E-state index contributed by atoms with van der Waals surface area (Å²) in [6.07, 6.45) is 0.870. The maximum absolute atomic E-state index is 12.4. The molecule has 1 saturated heterocycles. The van der Waals surface area contributed by atoms with Crippen molar-refractivity contribution < 1.29 is 9.18 Å². The van der Waals surface area contributed by atoms with E-state index in [4.69, 9.17) is 0 Å². The zero-order valence-corrected chi connectivity index (χ0v) is 10.5. The van der Waals surface area contributed by atoms with E-state index in [1.165, 1.54) is 0 Å². The van der Waals surface area contributed by atoms with Gasteiger partial charge in [-0.2, -0.15) is 0 Å². The van der Waals surface area contributed by atoms with Gasteiger partial charge in [-0.15, -0.1) is 11.3 Å². The van der Waals surface area contributed by atoms with Crippen LogP contribution in [0.4, 0.5) is 4.39 Å². The first-order valence-corrected chi connectivity index (χ1v) is 6.73. The third-order valence-corrected chi connectivity index (χ3v) is 3.87. The third kappa shape index (κ3) is 3.78. The van der Waals surface area contributed by atoms with Gasteiger partial charge >= 0.3 is 0 Å². The lowest BCUT2D eigenvalue weighted by molar-refractivity contribution is -0.122. The van der Waals surface area contributed by atoms with E-state index in [9.17, 15) is 9.18 Å². The highest BCUT2D eigenvalue weighted by molar-refractivity contribution is 7.09. The average molecular weight is 256 g/mol. The number of halogens is 1. The zero-order chi connectivity index (χ0) is 12.1. The van der Waals surface area contributed by atoms with Crippen molar-refractivity contribution in [2.75, 3.05) is 26.3 Å². The molecule has 1 aromatic rings. The van der Waals surface area contributed by atoms with E-state index >= 15 is 0 Å². The van der Waals surface area contributed by atoms with Crippen LogP contribution >= 0.6 is 11.3 Å². The molecule has 2 rings (SSSR count). The number of hydrogen-bond acceptors (Lipinski definition) is 3. The van der Waals surface area contributed by atoms with Crippen molar-refractivity contribution >= 4 is 17.2 Å². The minimum Gasteiger partial charge on any atom is -0.350 e. The molecule has 0 saturated carbocycles. The van der Waals surface area contributed by atoms with E-state index in [-0.39, 0.29) is 18.5 Å². The molecule has 0 aromatic carbocycles. The Morgan fingerprint density at radius 1 is 1.65 bits per heavy atom. The number of thiophene rings is 1. The Balaban J connectivity index is 1.67. The van der Waals surface area contributed by atoms with Crippen molar-refractivity contribution in [2.24, 2.45) is 5.92 Å². The number of carbonyl (C=O) groups excluding carboxylic acids is 1. The van der Waals surface area contributed by atoms with Gasteiger partial charge in [0, 0.05) is 17.3 Å². The van der Waals surface area contributed by atoms with E-state index < -0.39 is 0 Å². The van der Waals surface area contributed by atoms with Gasteiger partial charge in [0.15, 0.2) is 0 Å². The summed E-state index contributed by atoms with van der Waals surface area (Å²) in [6, 6.07) is 3.97. The minimum atomic E-state index is -0.271. The molecule has 1 amide bonds. The largest absolute Gasteiger partial charge is 0.350 e. The number of carbonyl (C=O) groups is 1. The van der Waals surface area contributed by atoms with Crippen molar-refractivity contribution in [1.82, 2.24) is 10.2 Å². The summed E-state index contributed by atoms with van der Waals surface area (Å²) in [6.45, 7) is 2.26. The lowest BCUT2D eigenvalue weighted by Crippen LogP contribution is -2.35. The van der Waals surface area contributed by atoms with Gasteiger partial charge in [0.05, 0.1) is 19.8 Å². The van der Waals surface area contributed by atoms with E-state index in [1.807, 2.05) is 22.4 Å². The molecule has 1 atom stereocenters. The molecule has 2 heterocycles. The first kappa shape index (κ1) is 12.5. The van der Waals surface area contributed by atoms with Crippen LogP contribution in [0.1, 0.15) is 11.3 Å². The highest BCUT2D eigenvalue weighted by atomic mass is 32.1. The summed E-state index contributed by atoms with van der Waals surface area (Å²) < 4.78 is 12.4. The number of nitrogens with zero attached hydrogens (tertiary/aromatic N) is 1. The van der Waals surface area contributed by atoms with Crippen LogP contribution in [-0.2, 0) is 11.3 Å². The molecule has 1 aliphatic heterocycles. The van der Waals surface area contributed by atoms with Gasteiger partial charge in [0.2, 0.25) is 5.91 Å². The Morgan fingerprint density at radius 3 is 3.18 bits per heavy atom. The molecule has 1 fully saturated rings. The van der Waals surface area contributed by atoms with Gasteiger partial charge in [0.25, 0.3) is 0 Å². The highest BCUT2D eigenvalue weighted by Gasteiger charge is 2.23. The second-order valence-electron chi connectivity index (χ2n) is 4.40. The molecule has 1 N–H and O–H groups in total. The van der Waals surface area contributed by atoms with Crippen molar-refractivity contribution in [2.45, 2.75) is 13.0 Å². The Morgan fingerprint density at radius 2 is 2.53 bits per heavy atom. The van der Waals surface area contributed by atoms with Crippen LogP contribution in [0.25, 0.3) is 0 Å². The van der Waals surface area contributed by atoms with Crippen LogP contribution in [0.5, 0.6) is 0 Å². The third-order valence-electron chi connectivity index (χ3n) is 3.00. The van der Waals surface area contributed by atoms with Gasteiger partial charge in [-0.05, 0) is 24.4 Å². The van der Waals surface area contributed by atoms with Crippen LogP contribution in [0.2, 0.25) is 0 Å². The molecule has 0 aliphatic carbocycles. The molecular weight excluding hydrogens is 239 g/mol. The average Bonchev–Trinajstić information content (AvgIpc) is 2.97. The van der Waals surface area contributed by atoms with Gasteiger partial charge in [-0.25, -0.2) is 0 Å². The van der Waals surface area contributed by atoms with Crippen LogP contribution in [0.3, 0.4) is 0 Å². The summed E-state index contributed by atoms with van der Waals surface area (Å²) in [5.41, 5.74) is 0. The zero-order valence-electron chi connectivity index (χ0n) is 9.69. The molecule has 94 valence electrons. The van der Waals surface area contributed by atoms with Crippen LogP contribution in [0.15, 0.2) is 17.5 Å². The van der Waals surface area contributed by atoms with E-state index in [2.05, 4.69) is 5.32 Å². The summed E-state index contributed by atoms with van der Waals surface area (Å²) in [4.78, 5) is 14.8. The molecule has 1 aliphatic rings. The fraction of sp³-hybridized carbons (Fsp3) is 0.583. The molecule has 5 heteroatoms. The number of rotatable bonds is 5. The SMILES string of the molecule is O=C(CN1CCC(CF)C1)NCc1cccs1. The summed E-state index contributed by atoms with van der Waals surface area (Å²) in [5.74, 6) is 0.151. The van der Waals surface area contributed by atoms with Gasteiger partial charge in [0.1, 0.15) is 0 Å². The van der Waals surface area contributed by atoms with Crippen LogP contribution in [-0.4, -0.2) is 37.1 Å². The second-order valence-corrected chi connectivity index (χ2v) is 5.43. The lowest BCUT2D eigenvalue weighted by Gasteiger charge is -2.14. The maximum Gasteiger partial charge on any atom is 0.234 e.